The quantitative estimate of drug-likeness (QED) is 0.0904. The number of rotatable bonds is 8. The fourth-order valence-electron chi connectivity index (χ4n) is 12.1. The van der Waals surface area contributed by atoms with Gasteiger partial charge in [0, 0.05) is 18.2 Å². The van der Waals surface area contributed by atoms with Gasteiger partial charge in [-0.25, -0.2) is 0 Å². The topological polar surface area (TPSA) is 55.7 Å². The predicted molar refractivity (Wildman–Crippen MR) is 181 cm³/mol. The van der Waals surface area contributed by atoms with E-state index in [9.17, 15) is 9.59 Å². The van der Waals surface area contributed by atoms with E-state index in [0.717, 1.165) is 51.1 Å². The monoisotopic (exact) mass is 611 g/mol. The van der Waals surface area contributed by atoms with E-state index in [2.05, 4.69) is 48.2 Å². The summed E-state index contributed by atoms with van der Waals surface area (Å²) in [6, 6.07) is 0. The minimum absolute atomic E-state index is 0.0171. The minimum Gasteiger partial charge on any atom is -0.462 e. The summed E-state index contributed by atoms with van der Waals surface area (Å²) in [5.41, 5.74) is 6.27. The van der Waals surface area contributed by atoms with Crippen LogP contribution in [0.4, 0.5) is 0 Å². The van der Waals surface area contributed by atoms with Gasteiger partial charge in [-0.1, -0.05) is 59.6 Å². The molecule has 0 aromatic carbocycles. The van der Waals surface area contributed by atoms with Crippen LogP contribution in [0.15, 0.2) is 16.1 Å². The lowest BCUT2D eigenvalue weighted by Crippen LogP contribution is -2.60. The Morgan fingerprint density at radius 1 is 1.07 bits per heavy atom. The molecule has 0 heterocycles. The lowest BCUT2D eigenvalue weighted by atomic mass is 9.38. The number of hydrogen-bond donors (Lipinski definition) is 0. The maximum atomic E-state index is 12.8. The van der Waals surface area contributed by atoms with Crippen LogP contribution in [0.5, 0.6) is 0 Å². The highest BCUT2D eigenvalue weighted by Gasteiger charge is 2.64. The van der Waals surface area contributed by atoms with Crippen molar-refractivity contribution in [2.45, 2.75) is 138 Å². The second kappa shape index (κ2) is 12.0. The van der Waals surface area contributed by atoms with Crippen molar-refractivity contribution in [3.8, 4) is 0 Å². The Hall–Kier alpha value is -1.02. The van der Waals surface area contributed by atoms with E-state index in [1.807, 2.05) is 32.0 Å². The second-order valence-electron chi connectivity index (χ2n) is 17.2. The standard InChI is InChI=1S/C38H62NO3P/c1-23(2)33-30(43-10)20-38(19-24(3)39-9)18-14-28-26(34(33)38)11-12-31-36(7)17-15-29(42-32(41)21-35(5,6)22-40)25(4)27(36)13-16-37(28,31)8/h22-23,25-31,43H,11-21H2,1-10H3. The Kier molecular flexibility index (Phi) is 9.28. The van der Waals surface area contributed by atoms with Crippen molar-refractivity contribution in [3.05, 3.63) is 11.1 Å². The number of esters is 1. The van der Waals surface area contributed by atoms with Gasteiger partial charge < -0.3 is 9.53 Å². The van der Waals surface area contributed by atoms with Crippen molar-refractivity contribution in [1.82, 2.24) is 0 Å². The van der Waals surface area contributed by atoms with Crippen LogP contribution in [0.1, 0.15) is 126 Å². The van der Waals surface area contributed by atoms with E-state index in [1.54, 1.807) is 0 Å². The van der Waals surface area contributed by atoms with E-state index in [0.29, 0.717) is 34.0 Å². The molecule has 5 aliphatic rings. The minimum atomic E-state index is -0.657. The molecule has 242 valence electrons. The molecule has 0 amide bonds. The summed E-state index contributed by atoms with van der Waals surface area (Å²) in [5, 5.41) is 0. The third kappa shape index (κ3) is 5.54. The molecule has 0 spiro atoms. The van der Waals surface area contributed by atoms with E-state index >= 15 is 0 Å². The Morgan fingerprint density at radius 3 is 2.35 bits per heavy atom. The largest absolute Gasteiger partial charge is 0.462 e. The number of carbonyl (C=O) groups is 2. The summed E-state index contributed by atoms with van der Waals surface area (Å²) in [7, 11) is 2.99. The normalized spacial score (nSPS) is 43.3. The molecule has 0 aromatic rings. The van der Waals surface area contributed by atoms with Gasteiger partial charge in [0.15, 0.2) is 0 Å². The lowest BCUT2D eigenvalue weighted by molar-refractivity contribution is -0.191. The fraction of sp³-hybridized carbons (Fsp3) is 0.868. The van der Waals surface area contributed by atoms with Gasteiger partial charge in [0.05, 0.1) is 6.42 Å². The number of hydrogen-bond acceptors (Lipinski definition) is 4. The van der Waals surface area contributed by atoms with Crippen molar-refractivity contribution < 1.29 is 14.3 Å². The van der Waals surface area contributed by atoms with Crippen molar-refractivity contribution in [2.75, 3.05) is 13.7 Å². The Bertz CT molecular complexity index is 1160. The van der Waals surface area contributed by atoms with Crippen LogP contribution in [-0.4, -0.2) is 43.4 Å². The van der Waals surface area contributed by atoms with Crippen LogP contribution in [0, 0.1) is 57.2 Å². The molecule has 5 heteroatoms. The SMILES string of the molecule is CN=C(C)CC12CCC3C(CCC4C3(C)CCC3C(C)C(OC(=O)CC(C)(C)C=O)CCC34C)C1=C(C(C)C)C(PC)C2. The van der Waals surface area contributed by atoms with Gasteiger partial charge in [-0.05, 0) is 135 Å². The number of nitrogens with zero attached hydrogens (tertiary/aromatic N) is 1. The molecule has 0 saturated heterocycles. The molecular weight excluding hydrogens is 549 g/mol. The van der Waals surface area contributed by atoms with Gasteiger partial charge in [0.1, 0.15) is 12.4 Å². The molecule has 0 radical (unpaired) electrons. The Labute approximate surface area is 265 Å². The number of allylic oxidation sites excluding steroid dienone is 2. The van der Waals surface area contributed by atoms with Crippen LogP contribution in [0.2, 0.25) is 0 Å². The summed E-state index contributed by atoms with van der Waals surface area (Å²) in [4.78, 5) is 29.0. The van der Waals surface area contributed by atoms with E-state index in [1.165, 1.54) is 57.1 Å². The maximum Gasteiger partial charge on any atom is 0.307 e. The Morgan fingerprint density at radius 2 is 1.72 bits per heavy atom. The van der Waals surface area contributed by atoms with Gasteiger partial charge in [-0.15, -0.1) is 8.58 Å². The van der Waals surface area contributed by atoms with E-state index in [-0.39, 0.29) is 18.5 Å². The zero-order valence-electron chi connectivity index (χ0n) is 29.1. The van der Waals surface area contributed by atoms with E-state index in [4.69, 9.17) is 9.73 Å². The molecule has 5 rings (SSSR count). The third-order valence-electron chi connectivity index (χ3n) is 14.0. The molecule has 11 unspecified atom stereocenters. The summed E-state index contributed by atoms with van der Waals surface area (Å²) in [6.45, 7) is 21.0. The molecule has 0 bridgehead atoms. The van der Waals surface area contributed by atoms with Crippen molar-refractivity contribution in [2.24, 2.45) is 62.2 Å². The first kappa shape index (κ1) is 33.3. The summed E-state index contributed by atoms with van der Waals surface area (Å²) in [5.74, 6) is 3.68. The fourth-order valence-corrected chi connectivity index (χ4v) is 13.5. The zero-order chi connectivity index (χ0) is 31.5. The third-order valence-corrected chi connectivity index (χ3v) is 15.2. The molecule has 4 saturated carbocycles. The van der Waals surface area contributed by atoms with E-state index < -0.39 is 5.41 Å². The maximum absolute atomic E-state index is 12.8. The van der Waals surface area contributed by atoms with Crippen molar-refractivity contribution in [3.63, 3.8) is 0 Å². The zero-order valence-corrected chi connectivity index (χ0v) is 30.1. The van der Waals surface area contributed by atoms with Gasteiger partial charge >= 0.3 is 5.97 Å². The van der Waals surface area contributed by atoms with Crippen LogP contribution < -0.4 is 0 Å². The summed E-state index contributed by atoms with van der Waals surface area (Å²) in [6.07, 6.45) is 13.7. The number of fused-ring (bicyclic) bond motifs is 7. The number of ether oxygens (including phenoxy) is 1. The summed E-state index contributed by atoms with van der Waals surface area (Å²) >= 11 is 0. The van der Waals surface area contributed by atoms with Crippen molar-refractivity contribution >= 4 is 26.5 Å². The van der Waals surface area contributed by atoms with Gasteiger partial charge in [0.25, 0.3) is 0 Å². The molecule has 4 nitrogen and oxygen atoms in total. The first-order valence-corrected chi connectivity index (χ1v) is 19.2. The highest BCUT2D eigenvalue weighted by molar-refractivity contribution is 7.38. The first-order valence-electron chi connectivity index (χ1n) is 17.7. The molecule has 0 aliphatic heterocycles. The van der Waals surface area contributed by atoms with Crippen LogP contribution >= 0.6 is 8.58 Å². The number of carbonyl (C=O) groups excluding carboxylic acids is 2. The average molecular weight is 612 g/mol. The molecular formula is C38H62NO3P. The predicted octanol–water partition coefficient (Wildman–Crippen LogP) is 9.30. The molecule has 5 aliphatic carbocycles. The van der Waals surface area contributed by atoms with Crippen LogP contribution in [0.3, 0.4) is 0 Å². The van der Waals surface area contributed by atoms with Gasteiger partial charge in [-0.3, -0.25) is 9.79 Å². The summed E-state index contributed by atoms with van der Waals surface area (Å²) < 4.78 is 6.12. The molecule has 43 heavy (non-hydrogen) atoms. The van der Waals surface area contributed by atoms with Crippen LogP contribution in [-0.2, 0) is 14.3 Å². The molecule has 11 atom stereocenters. The smallest absolute Gasteiger partial charge is 0.307 e. The van der Waals surface area contributed by atoms with Gasteiger partial charge in [0.2, 0.25) is 0 Å². The highest BCUT2D eigenvalue weighted by atomic mass is 31.1. The highest BCUT2D eigenvalue weighted by Crippen LogP contribution is 2.72. The number of aliphatic imine (C=N–C) groups is 1. The van der Waals surface area contributed by atoms with Gasteiger partial charge in [-0.2, -0.15) is 0 Å². The average Bonchev–Trinajstić information content (AvgIpc) is 3.29. The van der Waals surface area contributed by atoms with Crippen molar-refractivity contribution in [1.29, 1.82) is 0 Å². The Balaban J connectivity index is 1.41. The molecule has 0 N–H and O–H groups in total. The second-order valence-corrected chi connectivity index (χ2v) is 18.5. The number of aldehydes is 1. The lowest BCUT2D eigenvalue weighted by Gasteiger charge is -2.67. The van der Waals surface area contributed by atoms with Crippen LogP contribution in [0.25, 0.3) is 0 Å². The molecule has 0 aromatic heterocycles. The first-order chi connectivity index (χ1) is 20.2. The molecule has 4 fully saturated rings.